The Hall–Kier alpha value is -1.48. The minimum Gasteiger partial charge on any atom is -0.378 e. The summed E-state index contributed by atoms with van der Waals surface area (Å²) in [6, 6.07) is 19.1. The van der Waals surface area contributed by atoms with Gasteiger partial charge in [0.15, 0.2) is 7.14 Å². The van der Waals surface area contributed by atoms with Crippen LogP contribution < -0.4 is 10.6 Å². The maximum absolute atomic E-state index is 14.0. The second kappa shape index (κ2) is 6.74. The molecular weight excluding hydrogens is 313 g/mol. The average Bonchev–Trinajstić information content (AvgIpc) is 2.62. The van der Waals surface area contributed by atoms with Crippen molar-refractivity contribution in [2.24, 2.45) is 0 Å². The van der Waals surface area contributed by atoms with E-state index in [2.05, 4.69) is 0 Å². The van der Waals surface area contributed by atoms with Crippen molar-refractivity contribution in [3.8, 4) is 0 Å². The third-order valence-electron chi connectivity index (χ3n) is 3.79. The molecule has 1 saturated heterocycles. The molecule has 0 bridgehead atoms. The van der Waals surface area contributed by atoms with E-state index in [4.69, 9.17) is 17.0 Å². The van der Waals surface area contributed by atoms with Gasteiger partial charge in [0.2, 0.25) is 0 Å². The summed E-state index contributed by atoms with van der Waals surface area (Å²) in [5.74, 6) is 0. The third kappa shape index (κ3) is 2.87. The molecule has 1 fully saturated rings. The Morgan fingerprint density at radius 2 is 1.36 bits per heavy atom. The van der Waals surface area contributed by atoms with Crippen molar-refractivity contribution >= 4 is 34.7 Å². The van der Waals surface area contributed by atoms with Gasteiger partial charge in [-0.15, -0.1) is 0 Å². The number of rotatable bonds is 3. The Bertz CT molecular complexity index is 641. The van der Waals surface area contributed by atoms with Crippen LogP contribution in [-0.4, -0.2) is 35.9 Å². The van der Waals surface area contributed by atoms with Gasteiger partial charge >= 0.3 is 0 Å². The minimum atomic E-state index is -2.98. The maximum Gasteiger partial charge on any atom is 0.196 e. The third-order valence-corrected chi connectivity index (χ3v) is 7.69. The first-order valence-electron chi connectivity index (χ1n) is 7.31. The van der Waals surface area contributed by atoms with Crippen LogP contribution in [0.2, 0.25) is 0 Å². The highest BCUT2D eigenvalue weighted by molar-refractivity contribution is 8.07. The molecule has 1 aliphatic heterocycles. The predicted molar refractivity (Wildman–Crippen MR) is 94.7 cm³/mol. The molecule has 0 spiro atoms. The van der Waals surface area contributed by atoms with Gasteiger partial charge in [0, 0.05) is 23.7 Å². The smallest absolute Gasteiger partial charge is 0.196 e. The lowest BCUT2D eigenvalue weighted by molar-refractivity contribution is 0.0700. The van der Waals surface area contributed by atoms with E-state index in [1.54, 1.807) is 0 Å². The molecule has 0 saturated carbocycles. The summed E-state index contributed by atoms with van der Waals surface area (Å²) < 4.78 is 19.9. The molecule has 22 heavy (non-hydrogen) atoms. The molecule has 0 unspecified atom stereocenters. The van der Waals surface area contributed by atoms with E-state index in [1.165, 1.54) is 0 Å². The highest BCUT2D eigenvalue weighted by Gasteiger charge is 2.35. The number of hydrogen-bond donors (Lipinski definition) is 0. The van der Waals surface area contributed by atoms with E-state index in [0.717, 1.165) is 10.6 Å². The van der Waals surface area contributed by atoms with E-state index in [0.29, 0.717) is 31.0 Å². The molecule has 0 atom stereocenters. The van der Waals surface area contributed by atoms with Crippen molar-refractivity contribution in [3.05, 3.63) is 60.7 Å². The van der Waals surface area contributed by atoms with E-state index < -0.39 is 7.14 Å². The number of thiocarbonyl (C=S) groups is 1. The van der Waals surface area contributed by atoms with Gasteiger partial charge in [-0.25, -0.2) is 0 Å². The Labute approximate surface area is 136 Å². The highest BCUT2D eigenvalue weighted by atomic mass is 32.1. The summed E-state index contributed by atoms with van der Waals surface area (Å²) in [6.07, 6.45) is 0. The summed E-state index contributed by atoms with van der Waals surface area (Å²) >= 11 is 5.68. The average molecular weight is 331 g/mol. The fourth-order valence-corrected chi connectivity index (χ4v) is 5.94. The normalized spacial score (nSPS) is 15.5. The fraction of sp³-hybridized carbons (Fsp3) is 0.235. The zero-order valence-corrected chi connectivity index (χ0v) is 13.9. The van der Waals surface area contributed by atoms with Gasteiger partial charge in [0.25, 0.3) is 0 Å². The molecule has 3 rings (SSSR count). The number of hydrogen-bond acceptors (Lipinski definition) is 3. The van der Waals surface area contributed by atoms with Crippen molar-refractivity contribution in [1.29, 1.82) is 0 Å². The second-order valence-corrected chi connectivity index (χ2v) is 8.53. The lowest BCUT2D eigenvalue weighted by atomic mass is 10.4. The van der Waals surface area contributed by atoms with Crippen molar-refractivity contribution < 1.29 is 9.30 Å². The lowest BCUT2D eigenvalue weighted by Crippen LogP contribution is -2.42. The fourth-order valence-electron chi connectivity index (χ4n) is 2.60. The van der Waals surface area contributed by atoms with Crippen molar-refractivity contribution in [2.45, 2.75) is 0 Å². The summed E-state index contributed by atoms with van der Waals surface area (Å²) in [6.45, 7) is 2.65. The van der Waals surface area contributed by atoms with Crippen LogP contribution in [0.15, 0.2) is 60.7 Å². The Morgan fingerprint density at radius 1 is 0.909 bits per heavy atom. The van der Waals surface area contributed by atoms with E-state index in [-0.39, 0.29) is 0 Å². The van der Waals surface area contributed by atoms with Crippen LogP contribution in [0, 0.1) is 0 Å². The van der Waals surface area contributed by atoms with Crippen LogP contribution in [0.4, 0.5) is 0 Å². The summed E-state index contributed by atoms with van der Waals surface area (Å²) in [5.41, 5.74) is 0. The van der Waals surface area contributed by atoms with Crippen LogP contribution in [0.25, 0.3) is 0 Å². The maximum atomic E-state index is 14.0. The van der Waals surface area contributed by atoms with Crippen LogP contribution in [0.1, 0.15) is 0 Å². The molecule has 2 aromatic carbocycles. The van der Waals surface area contributed by atoms with Gasteiger partial charge < -0.3 is 14.2 Å². The van der Waals surface area contributed by atoms with Crippen molar-refractivity contribution in [3.63, 3.8) is 0 Å². The molecule has 2 aromatic rings. The zero-order valence-electron chi connectivity index (χ0n) is 12.2. The van der Waals surface area contributed by atoms with Gasteiger partial charge in [0.05, 0.1) is 13.2 Å². The van der Waals surface area contributed by atoms with Crippen LogP contribution in [-0.2, 0) is 9.30 Å². The number of ether oxygens (including phenoxy) is 1. The SMILES string of the molecule is O=P(C(=S)N1CCOCC1)(c1ccccc1)c1ccccc1. The van der Waals surface area contributed by atoms with Crippen LogP contribution >= 0.6 is 19.4 Å². The Morgan fingerprint density at radius 3 is 1.82 bits per heavy atom. The van der Waals surface area contributed by atoms with Gasteiger partial charge in [-0.1, -0.05) is 72.9 Å². The summed E-state index contributed by atoms with van der Waals surface area (Å²) in [4.78, 5) is 2.03. The van der Waals surface area contributed by atoms with Crippen LogP contribution in [0.3, 0.4) is 0 Å². The zero-order chi connectivity index (χ0) is 15.4. The molecule has 5 heteroatoms. The molecule has 0 aromatic heterocycles. The second-order valence-electron chi connectivity index (χ2n) is 5.16. The van der Waals surface area contributed by atoms with Crippen molar-refractivity contribution in [1.82, 2.24) is 4.90 Å². The van der Waals surface area contributed by atoms with Gasteiger partial charge in [-0.3, -0.25) is 0 Å². The first-order chi connectivity index (χ1) is 10.7. The number of nitrogens with zero attached hydrogens (tertiary/aromatic N) is 1. The first-order valence-corrected chi connectivity index (χ1v) is 9.43. The van der Waals surface area contributed by atoms with E-state index >= 15 is 0 Å². The monoisotopic (exact) mass is 331 g/mol. The topological polar surface area (TPSA) is 29.5 Å². The molecule has 0 N–H and O–H groups in total. The highest BCUT2D eigenvalue weighted by Crippen LogP contribution is 2.46. The molecule has 114 valence electrons. The lowest BCUT2D eigenvalue weighted by Gasteiger charge is -2.33. The van der Waals surface area contributed by atoms with E-state index in [1.807, 2.05) is 65.6 Å². The molecule has 0 amide bonds. The summed E-state index contributed by atoms with van der Waals surface area (Å²) in [5, 5.41) is 1.58. The van der Waals surface area contributed by atoms with Gasteiger partial charge in [-0.2, -0.15) is 0 Å². The molecule has 0 aliphatic carbocycles. The molecule has 1 aliphatic rings. The number of benzene rings is 2. The largest absolute Gasteiger partial charge is 0.378 e. The molecule has 0 radical (unpaired) electrons. The van der Waals surface area contributed by atoms with E-state index in [9.17, 15) is 4.57 Å². The Kier molecular flexibility index (Phi) is 4.72. The van der Waals surface area contributed by atoms with Gasteiger partial charge in [-0.05, 0) is 0 Å². The minimum absolute atomic E-state index is 0.535. The van der Waals surface area contributed by atoms with Crippen molar-refractivity contribution in [2.75, 3.05) is 26.3 Å². The Balaban J connectivity index is 2.07. The van der Waals surface area contributed by atoms with Gasteiger partial charge in [0.1, 0.15) is 4.73 Å². The molecule has 3 nitrogen and oxygen atoms in total. The van der Waals surface area contributed by atoms with Crippen LogP contribution in [0.5, 0.6) is 0 Å². The summed E-state index contributed by atoms with van der Waals surface area (Å²) in [7, 11) is -2.98. The predicted octanol–water partition coefficient (Wildman–Crippen LogP) is 2.62. The quantitative estimate of drug-likeness (QED) is 0.639. The number of morpholine rings is 1. The first kappa shape index (κ1) is 15.4. The molecule has 1 heterocycles. The molecular formula is C17H18NO2PS. The standard InChI is InChI=1S/C17H18NO2PS/c19-21(15-7-3-1-4-8-15,16-9-5-2-6-10-16)17(22)18-11-13-20-14-12-18/h1-10H,11-14H2.